The zero-order chi connectivity index (χ0) is 20.3. The number of ether oxygens (including phenoxy) is 1. The molecule has 1 heterocycles. The molecule has 0 fully saturated rings. The molecule has 0 saturated carbocycles. The van der Waals surface area contributed by atoms with E-state index < -0.39 is 27.8 Å². The van der Waals surface area contributed by atoms with Crippen LogP contribution in [0.5, 0.6) is 0 Å². The van der Waals surface area contributed by atoms with Crippen LogP contribution in [0.15, 0.2) is 71.3 Å². The smallest absolute Gasteiger partial charge is 0.355 e. The highest BCUT2D eigenvalue weighted by molar-refractivity contribution is 7.89. The average Bonchev–Trinajstić information content (AvgIpc) is 2.68. The van der Waals surface area contributed by atoms with Gasteiger partial charge in [0.05, 0.1) is 11.5 Å². The highest BCUT2D eigenvalue weighted by Crippen LogP contribution is 2.33. The van der Waals surface area contributed by atoms with Gasteiger partial charge in [0.25, 0.3) is 10.0 Å². The lowest BCUT2D eigenvalue weighted by Gasteiger charge is -2.30. The molecule has 3 rings (SSSR count). The van der Waals surface area contributed by atoms with Gasteiger partial charge in [-0.2, -0.15) is 4.31 Å². The molecule has 0 radical (unpaired) electrons. The average molecular weight is 399 g/mol. The molecule has 1 atom stereocenters. The maximum absolute atomic E-state index is 13.1. The second-order valence-electron chi connectivity index (χ2n) is 6.47. The van der Waals surface area contributed by atoms with Crippen LogP contribution >= 0.6 is 0 Å². The highest BCUT2D eigenvalue weighted by atomic mass is 32.2. The van der Waals surface area contributed by atoms with Crippen LogP contribution in [-0.4, -0.2) is 31.2 Å². The van der Waals surface area contributed by atoms with Gasteiger partial charge in [-0.15, -0.1) is 0 Å². The van der Waals surface area contributed by atoms with Crippen molar-refractivity contribution < 1.29 is 22.7 Å². The number of hydrogen-bond acceptors (Lipinski definition) is 5. The lowest BCUT2D eigenvalue weighted by molar-refractivity contribution is -0.142. The van der Waals surface area contributed by atoms with E-state index >= 15 is 0 Å². The summed E-state index contributed by atoms with van der Waals surface area (Å²) < 4.78 is 31.9. The van der Waals surface area contributed by atoms with Crippen molar-refractivity contribution in [1.29, 1.82) is 0 Å². The molecule has 0 aromatic heterocycles. The lowest BCUT2D eigenvalue weighted by Crippen LogP contribution is -2.42. The predicted octanol–water partition coefficient (Wildman–Crippen LogP) is 3.15. The monoisotopic (exact) mass is 399 g/mol. The molecule has 0 spiro atoms. The topological polar surface area (TPSA) is 80.8 Å². The molecule has 1 aliphatic heterocycles. The normalized spacial score (nSPS) is 17.2. The van der Waals surface area contributed by atoms with Crippen LogP contribution in [0.4, 0.5) is 0 Å². The molecule has 1 aliphatic rings. The minimum absolute atomic E-state index is 0.0557. The van der Waals surface area contributed by atoms with E-state index in [1.807, 2.05) is 37.3 Å². The molecular formula is C21H21NO5S. The van der Waals surface area contributed by atoms with Crippen LogP contribution in [0.2, 0.25) is 0 Å². The summed E-state index contributed by atoms with van der Waals surface area (Å²) in [6.07, 6.45) is 1.44. The highest BCUT2D eigenvalue weighted by Gasteiger charge is 2.40. The fourth-order valence-electron chi connectivity index (χ4n) is 3.07. The van der Waals surface area contributed by atoms with Gasteiger partial charge in [0.1, 0.15) is 5.70 Å². The molecule has 0 bridgehead atoms. The Balaban J connectivity index is 2.09. The standard InChI is InChI=1S/C21H21NO5S/c1-3-27-21(24)19-13-17(16-7-5-4-6-8-16)14-20(23)22(19)28(25,26)18-11-9-15(2)10-12-18/h4-13,17H,3,14H2,1-2H3. The van der Waals surface area contributed by atoms with E-state index in [1.54, 1.807) is 19.1 Å². The molecule has 146 valence electrons. The third-order valence-corrected chi connectivity index (χ3v) is 6.22. The van der Waals surface area contributed by atoms with E-state index in [4.69, 9.17) is 4.74 Å². The van der Waals surface area contributed by atoms with E-state index in [9.17, 15) is 18.0 Å². The number of carbonyl (C=O) groups is 2. The van der Waals surface area contributed by atoms with Crippen molar-refractivity contribution in [3.63, 3.8) is 0 Å². The Morgan fingerprint density at radius 1 is 1.11 bits per heavy atom. The Hall–Kier alpha value is -2.93. The van der Waals surface area contributed by atoms with Crippen LogP contribution in [0.3, 0.4) is 0 Å². The number of benzene rings is 2. The summed E-state index contributed by atoms with van der Waals surface area (Å²) in [4.78, 5) is 25.3. The van der Waals surface area contributed by atoms with Crippen molar-refractivity contribution in [2.45, 2.75) is 31.1 Å². The van der Waals surface area contributed by atoms with Gasteiger partial charge in [0, 0.05) is 12.3 Å². The first-order chi connectivity index (χ1) is 13.3. The van der Waals surface area contributed by atoms with Crippen LogP contribution in [-0.2, 0) is 24.3 Å². The van der Waals surface area contributed by atoms with E-state index in [2.05, 4.69) is 0 Å². The Labute approximate surface area is 164 Å². The number of allylic oxidation sites excluding steroid dienone is 1. The maximum atomic E-state index is 13.1. The third-order valence-electron chi connectivity index (χ3n) is 4.47. The van der Waals surface area contributed by atoms with Gasteiger partial charge in [0.15, 0.2) is 0 Å². The molecule has 0 N–H and O–H groups in total. The molecule has 28 heavy (non-hydrogen) atoms. The number of sulfonamides is 1. The zero-order valence-electron chi connectivity index (χ0n) is 15.7. The van der Waals surface area contributed by atoms with Crippen LogP contribution < -0.4 is 0 Å². The van der Waals surface area contributed by atoms with Crippen molar-refractivity contribution in [2.75, 3.05) is 6.61 Å². The fraction of sp³-hybridized carbons (Fsp3) is 0.238. The van der Waals surface area contributed by atoms with Gasteiger partial charge in [-0.25, -0.2) is 13.2 Å². The summed E-state index contributed by atoms with van der Waals surface area (Å²) in [6, 6.07) is 15.3. The quantitative estimate of drug-likeness (QED) is 0.722. The van der Waals surface area contributed by atoms with Gasteiger partial charge in [0.2, 0.25) is 5.91 Å². The number of rotatable bonds is 5. The summed E-state index contributed by atoms with van der Waals surface area (Å²) in [5, 5.41) is 0. The lowest BCUT2D eigenvalue weighted by atomic mass is 9.92. The largest absolute Gasteiger partial charge is 0.461 e. The van der Waals surface area contributed by atoms with Crippen LogP contribution in [0.25, 0.3) is 0 Å². The number of carbonyl (C=O) groups excluding carboxylic acids is 2. The van der Waals surface area contributed by atoms with Crippen LogP contribution in [0.1, 0.15) is 30.4 Å². The van der Waals surface area contributed by atoms with Gasteiger partial charge >= 0.3 is 5.97 Å². The Morgan fingerprint density at radius 3 is 2.36 bits per heavy atom. The van der Waals surface area contributed by atoms with Gasteiger partial charge in [-0.05, 0) is 37.6 Å². The molecular weight excluding hydrogens is 378 g/mol. The van der Waals surface area contributed by atoms with Gasteiger partial charge in [-0.1, -0.05) is 48.0 Å². The minimum Gasteiger partial charge on any atom is -0.461 e. The number of nitrogens with zero attached hydrogens (tertiary/aromatic N) is 1. The molecule has 1 unspecified atom stereocenters. The van der Waals surface area contributed by atoms with Crippen LogP contribution in [0, 0.1) is 6.92 Å². The summed E-state index contributed by atoms with van der Waals surface area (Å²) >= 11 is 0. The number of esters is 1. The van der Waals surface area contributed by atoms with E-state index in [-0.39, 0.29) is 23.6 Å². The second-order valence-corrected chi connectivity index (χ2v) is 8.26. The minimum atomic E-state index is -4.23. The Morgan fingerprint density at radius 2 is 1.75 bits per heavy atom. The van der Waals surface area contributed by atoms with E-state index in [0.29, 0.717) is 4.31 Å². The number of hydrogen-bond donors (Lipinski definition) is 0. The van der Waals surface area contributed by atoms with Crippen molar-refractivity contribution >= 4 is 21.9 Å². The molecule has 2 aromatic rings. The first-order valence-electron chi connectivity index (χ1n) is 8.93. The molecule has 0 saturated heterocycles. The van der Waals surface area contributed by atoms with Crippen molar-refractivity contribution in [3.8, 4) is 0 Å². The molecule has 7 heteroatoms. The van der Waals surface area contributed by atoms with E-state index in [0.717, 1.165) is 11.1 Å². The van der Waals surface area contributed by atoms with Gasteiger partial charge < -0.3 is 4.74 Å². The SMILES string of the molecule is CCOC(=O)C1=CC(c2ccccc2)CC(=O)N1S(=O)(=O)c1ccc(C)cc1. The third kappa shape index (κ3) is 3.84. The predicted molar refractivity (Wildman–Crippen MR) is 104 cm³/mol. The first-order valence-corrected chi connectivity index (χ1v) is 10.4. The Kier molecular flexibility index (Phi) is 5.65. The van der Waals surface area contributed by atoms with Crippen molar-refractivity contribution in [3.05, 3.63) is 77.5 Å². The molecule has 1 amide bonds. The summed E-state index contributed by atoms with van der Waals surface area (Å²) in [6.45, 7) is 3.52. The second kappa shape index (κ2) is 7.98. The van der Waals surface area contributed by atoms with Gasteiger partial charge in [-0.3, -0.25) is 4.79 Å². The maximum Gasteiger partial charge on any atom is 0.355 e. The molecule has 6 nitrogen and oxygen atoms in total. The number of aryl methyl sites for hydroxylation is 1. The molecule has 0 aliphatic carbocycles. The van der Waals surface area contributed by atoms with E-state index in [1.165, 1.54) is 18.2 Å². The first kappa shape index (κ1) is 19.8. The Bertz CT molecular complexity index is 1010. The number of amides is 1. The summed E-state index contributed by atoms with van der Waals surface area (Å²) in [5.74, 6) is -1.91. The van der Waals surface area contributed by atoms with Crippen molar-refractivity contribution in [2.24, 2.45) is 0 Å². The summed E-state index contributed by atoms with van der Waals surface area (Å²) in [5.41, 5.74) is 1.44. The summed E-state index contributed by atoms with van der Waals surface area (Å²) in [7, 11) is -4.23. The fourth-order valence-corrected chi connectivity index (χ4v) is 4.50. The zero-order valence-corrected chi connectivity index (χ0v) is 16.5. The molecule has 2 aromatic carbocycles. The van der Waals surface area contributed by atoms with Crippen molar-refractivity contribution in [1.82, 2.24) is 4.31 Å².